The predicted octanol–water partition coefficient (Wildman–Crippen LogP) is 2.77. The first-order chi connectivity index (χ1) is 9.54. The van der Waals surface area contributed by atoms with Crippen molar-refractivity contribution in [3.63, 3.8) is 0 Å². The van der Waals surface area contributed by atoms with Gasteiger partial charge in [-0.15, -0.1) is 0 Å². The van der Waals surface area contributed by atoms with Gasteiger partial charge in [-0.3, -0.25) is 5.43 Å². The van der Waals surface area contributed by atoms with Gasteiger partial charge in [0.15, 0.2) is 0 Å². The third-order valence-electron chi connectivity index (χ3n) is 1.82. The molecule has 0 saturated carbocycles. The number of halogens is 2. The van der Waals surface area contributed by atoms with E-state index in [0.29, 0.717) is 15.7 Å². The number of rotatable bonds is 5. The van der Waals surface area contributed by atoms with Crippen LogP contribution in [0.1, 0.15) is 6.92 Å². The minimum absolute atomic E-state index is 0.0738. The Morgan fingerprint density at radius 1 is 1.35 bits per heavy atom. The van der Waals surface area contributed by atoms with Crippen LogP contribution < -0.4 is 5.43 Å². The van der Waals surface area contributed by atoms with Crippen molar-refractivity contribution in [2.24, 2.45) is 15.4 Å². The molecule has 0 amide bonds. The van der Waals surface area contributed by atoms with Gasteiger partial charge in [0.25, 0.3) is 0 Å². The summed E-state index contributed by atoms with van der Waals surface area (Å²) in [5.41, 5.74) is 3.04. The molecule has 0 radical (unpaired) electrons. The SMILES string of the molecule is CC(=O)O/N=C/C(/C=N/O)=N/Nc1c(Cl)cccc1Cl. The molecule has 7 nitrogen and oxygen atoms in total. The Morgan fingerprint density at radius 2 is 2.00 bits per heavy atom. The lowest BCUT2D eigenvalue weighted by molar-refractivity contribution is -0.140. The van der Waals surface area contributed by atoms with Crippen molar-refractivity contribution >= 4 is 53.0 Å². The average molecular weight is 317 g/mol. The fourth-order valence-corrected chi connectivity index (χ4v) is 1.51. The summed E-state index contributed by atoms with van der Waals surface area (Å²) in [4.78, 5) is 14.9. The zero-order valence-corrected chi connectivity index (χ0v) is 11.8. The summed E-state index contributed by atoms with van der Waals surface area (Å²) in [6, 6.07) is 4.92. The van der Waals surface area contributed by atoms with Crippen molar-refractivity contribution in [2.75, 3.05) is 5.43 Å². The Labute approximate surface area is 124 Å². The molecule has 1 aromatic rings. The quantitative estimate of drug-likeness (QED) is 0.378. The van der Waals surface area contributed by atoms with E-state index in [0.717, 1.165) is 12.4 Å². The number of oxime groups is 2. The normalized spacial score (nSPS) is 12.1. The number of nitrogens with one attached hydrogen (secondary N) is 1. The lowest BCUT2D eigenvalue weighted by atomic mass is 10.3. The van der Waals surface area contributed by atoms with Crippen molar-refractivity contribution in [1.29, 1.82) is 0 Å². The summed E-state index contributed by atoms with van der Waals surface area (Å²) in [6.07, 6.45) is 2.05. The van der Waals surface area contributed by atoms with Gasteiger partial charge in [0.2, 0.25) is 0 Å². The van der Waals surface area contributed by atoms with Crippen LogP contribution in [0, 0.1) is 0 Å². The second-order valence-electron chi connectivity index (χ2n) is 3.31. The molecule has 1 aromatic carbocycles. The standard InChI is InChI=1S/C11H10Cl2N4O3/c1-7(18)20-15-6-8(5-14-19)16-17-11-9(12)3-2-4-10(11)13/h2-6,17,19H,1H3/b14-5+,15-6+,16-8+. The molecule has 1 rings (SSSR count). The number of para-hydroxylation sites is 1. The van der Waals surface area contributed by atoms with E-state index >= 15 is 0 Å². The number of carbonyl (C=O) groups excluding carboxylic acids is 1. The van der Waals surface area contributed by atoms with E-state index in [9.17, 15) is 4.79 Å². The molecule has 0 fully saturated rings. The van der Waals surface area contributed by atoms with Gasteiger partial charge in [-0.1, -0.05) is 39.6 Å². The van der Waals surface area contributed by atoms with Gasteiger partial charge in [0.1, 0.15) is 5.71 Å². The highest BCUT2D eigenvalue weighted by molar-refractivity contribution is 6.55. The third-order valence-corrected chi connectivity index (χ3v) is 2.45. The minimum Gasteiger partial charge on any atom is -0.411 e. The maximum atomic E-state index is 10.5. The monoisotopic (exact) mass is 316 g/mol. The van der Waals surface area contributed by atoms with E-state index in [1.54, 1.807) is 18.2 Å². The van der Waals surface area contributed by atoms with Crippen molar-refractivity contribution in [2.45, 2.75) is 6.92 Å². The molecule has 20 heavy (non-hydrogen) atoms. The average Bonchev–Trinajstić information content (AvgIpc) is 2.37. The first kappa shape index (κ1) is 15.9. The Hall–Kier alpha value is -2.12. The number of nitrogens with zero attached hydrogens (tertiary/aromatic N) is 3. The molecule has 0 heterocycles. The van der Waals surface area contributed by atoms with Crippen molar-refractivity contribution < 1.29 is 14.8 Å². The van der Waals surface area contributed by atoms with E-state index in [-0.39, 0.29) is 5.71 Å². The Bertz CT molecular complexity index is 553. The highest BCUT2D eigenvalue weighted by Gasteiger charge is 2.04. The molecule has 0 unspecified atom stereocenters. The maximum Gasteiger partial charge on any atom is 0.331 e. The van der Waals surface area contributed by atoms with Crippen LogP contribution in [-0.2, 0) is 9.63 Å². The highest BCUT2D eigenvalue weighted by Crippen LogP contribution is 2.29. The van der Waals surface area contributed by atoms with Gasteiger partial charge in [-0.05, 0) is 12.1 Å². The molecule has 0 atom stereocenters. The van der Waals surface area contributed by atoms with Crippen LogP contribution >= 0.6 is 23.2 Å². The smallest absolute Gasteiger partial charge is 0.331 e. The molecule has 0 spiro atoms. The molecule has 9 heteroatoms. The van der Waals surface area contributed by atoms with E-state index < -0.39 is 5.97 Å². The molecule has 2 N–H and O–H groups in total. The second kappa shape index (κ2) is 8.13. The maximum absolute atomic E-state index is 10.5. The van der Waals surface area contributed by atoms with E-state index in [1.807, 2.05) is 0 Å². The Balaban J connectivity index is 2.87. The Kier molecular flexibility index (Phi) is 6.48. The number of hydrogen-bond donors (Lipinski definition) is 2. The van der Waals surface area contributed by atoms with Gasteiger partial charge >= 0.3 is 5.97 Å². The van der Waals surface area contributed by atoms with Gasteiger partial charge in [0.05, 0.1) is 28.2 Å². The fraction of sp³-hybridized carbons (Fsp3) is 0.0909. The first-order valence-corrected chi connectivity index (χ1v) is 5.96. The molecule has 0 aliphatic heterocycles. The van der Waals surface area contributed by atoms with Crippen LogP contribution in [0.4, 0.5) is 5.69 Å². The van der Waals surface area contributed by atoms with Gasteiger partial charge in [0, 0.05) is 6.92 Å². The highest BCUT2D eigenvalue weighted by atomic mass is 35.5. The lowest BCUT2D eigenvalue weighted by Gasteiger charge is -2.05. The number of benzene rings is 1. The van der Waals surface area contributed by atoms with Crippen LogP contribution in [0.25, 0.3) is 0 Å². The third kappa shape index (κ3) is 5.25. The molecule has 0 aromatic heterocycles. The number of hydrogen-bond acceptors (Lipinski definition) is 7. The van der Waals surface area contributed by atoms with E-state index in [4.69, 9.17) is 28.4 Å². The molecule has 0 bridgehead atoms. The van der Waals surface area contributed by atoms with Crippen LogP contribution in [-0.4, -0.2) is 29.3 Å². The molecular weight excluding hydrogens is 307 g/mol. The zero-order valence-electron chi connectivity index (χ0n) is 10.2. The number of carbonyl (C=O) groups is 1. The first-order valence-electron chi connectivity index (χ1n) is 5.20. The van der Waals surface area contributed by atoms with Crippen LogP contribution in [0.3, 0.4) is 0 Å². The molecule has 0 aliphatic carbocycles. The molecule has 106 valence electrons. The fourth-order valence-electron chi connectivity index (χ4n) is 1.03. The lowest BCUT2D eigenvalue weighted by Crippen LogP contribution is -2.07. The number of hydrazone groups is 1. The van der Waals surface area contributed by atoms with Gasteiger partial charge in [-0.25, -0.2) is 4.79 Å². The summed E-state index contributed by atoms with van der Waals surface area (Å²) in [5.74, 6) is -0.594. The topological polar surface area (TPSA) is 95.6 Å². The molecule has 0 saturated heterocycles. The summed E-state index contributed by atoms with van der Waals surface area (Å²) >= 11 is 11.9. The van der Waals surface area contributed by atoms with Gasteiger partial charge in [-0.2, -0.15) is 5.10 Å². The van der Waals surface area contributed by atoms with Crippen molar-refractivity contribution in [3.8, 4) is 0 Å². The van der Waals surface area contributed by atoms with Crippen molar-refractivity contribution in [1.82, 2.24) is 0 Å². The summed E-state index contributed by atoms with van der Waals surface area (Å²) in [5, 5.41) is 19.2. The van der Waals surface area contributed by atoms with Gasteiger partial charge < -0.3 is 10.0 Å². The van der Waals surface area contributed by atoms with Crippen molar-refractivity contribution in [3.05, 3.63) is 28.2 Å². The summed E-state index contributed by atoms with van der Waals surface area (Å²) < 4.78 is 0. The minimum atomic E-state index is -0.594. The van der Waals surface area contributed by atoms with E-state index in [1.165, 1.54) is 6.92 Å². The number of anilines is 1. The van der Waals surface area contributed by atoms with Crippen LogP contribution in [0.5, 0.6) is 0 Å². The summed E-state index contributed by atoms with van der Waals surface area (Å²) in [6.45, 7) is 1.19. The predicted molar refractivity (Wildman–Crippen MR) is 78.1 cm³/mol. The zero-order chi connectivity index (χ0) is 15.0. The van der Waals surface area contributed by atoms with E-state index in [2.05, 4.69) is 25.7 Å². The Morgan fingerprint density at radius 3 is 2.55 bits per heavy atom. The largest absolute Gasteiger partial charge is 0.411 e. The van der Waals surface area contributed by atoms with Crippen LogP contribution in [0.15, 0.2) is 33.6 Å². The molecule has 0 aliphatic rings. The summed E-state index contributed by atoms with van der Waals surface area (Å²) in [7, 11) is 0. The second-order valence-corrected chi connectivity index (χ2v) is 4.12. The van der Waals surface area contributed by atoms with Crippen LogP contribution in [0.2, 0.25) is 10.0 Å². The molecular formula is C11H10Cl2N4O3.